The average Bonchev–Trinajstić information content (AvgIpc) is 2.52. The first-order valence-corrected chi connectivity index (χ1v) is 6.54. The number of carbonyl (C=O) groups excluding carboxylic acids is 3. The maximum Gasteiger partial charge on any atom is 0.354 e. The Morgan fingerprint density at radius 3 is 2.43 bits per heavy atom. The van der Waals surface area contributed by atoms with Gasteiger partial charge in [-0.3, -0.25) is 0 Å². The molecule has 1 N–H and O–H groups in total. The molecule has 23 heavy (non-hydrogen) atoms. The van der Waals surface area contributed by atoms with Gasteiger partial charge in [0.15, 0.2) is 0 Å². The van der Waals surface area contributed by atoms with Crippen molar-refractivity contribution in [1.29, 1.82) is 0 Å². The van der Waals surface area contributed by atoms with Gasteiger partial charge in [0.2, 0.25) is 0 Å². The van der Waals surface area contributed by atoms with Crippen molar-refractivity contribution in [3.05, 3.63) is 41.4 Å². The maximum atomic E-state index is 13.6. The molecule has 1 aromatic rings. The van der Waals surface area contributed by atoms with Crippen molar-refractivity contribution in [2.45, 2.75) is 6.92 Å². The molecule has 0 aliphatic carbocycles. The standard InChI is InChI=1S/C15H16FNO6/c1-4-23-14(19)9-5-10(16)7-11(6-9)17-12(15(20)22-3)8-13(18)21-2/h5-8,17H,4H2,1-3H3/b12-8+. The van der Waals surface area contributed by atoms with E-state index in [1.54, 1.807) is 6.92 Å². The fourth-order valence-electron chi connectivity index (χ4n) is 1.58. The largest absolute Gasteiger partial charge is 0.466 e. The van der Waals surface area contributed by atoms with E-state index < -0.39 is 23.7 Å². The van der Waals surface area contributed by atoms with Gasteiger partial charge in [0.25, 0.3) is 0 Å². The molecule has 0 aliphatic rings. The summed E-state index contributed by atoms with van der Waals surface area (Å²) in [6.45, 7) is 1.75. The lowest BCUT2D eigenvalue weighted by atomic mass is 10.2. The summed E-state index contributed by atoms with van der Waals surface area (Å²) < 4.78 is 27.3. The smallest absolute Gasteiger partial charge is 0.354 e. The number of rotatable bonds is 6. The highest BCUT2D eigenvalue weighted by Crippen LogP contribution is 2.17. The first-order chi connectivity index (χ1) is 10.9. The number of halogens is 1. The Balaban J connectivity index is 3.13. The van der Waals surface area contributed by atoms with Crippen LogP contribution in [0, 0.1) is 5.82 Å². The molecule has 0 unspecified atom stereocenters. The molecule has 0 aliphatic heterocycles. The highest BCUT2D eigenvalue weighted by atomic mass is 19.1. The normalized spacial score (nSPS) is 10.7. The van der Waals surface area contributed by atoms with Crippen LogP contribution >= 0.6 is 0 Å². The van der Waals surface area contributed by atoms with Crippen LogP contribution in [-0.4, -0.2) is 38.7 Å². The first-order valence-electron chi connectivity index (χ1n) is 6.54. The summed E-state index contributed by atoms with van der Waals surface area (Å²) in [6, 6.07) is 3.30. The average molecular weight is 325 g/mol. The predicted octanol–water partition coefficient (Wildman–Crippen LogP) is 1.64. The number of nitrogens with one attached hydrogen (secondary N) is 1. The molecule has 0 saturated carbocycles. The van der Waals surface area contributed by atoms with Gasteiger partial charge in [0.05, 0.1) is 32.5 Å². The van der Waals surface area contributed by atoms with Crippen LogP contribution in [0.1, 0.15) is 17.3 Å². The van der Waals surface area contributed by atoms with E-state index in [1.165, 1.54) is 6.07 Å². The molecule has 1 aromatic carbocycles. The summed E-state index contributed by atoms with van der Waals surface area (Å²) in [5.74, 6) is -3.11. The summed E-state index contributed by atoms with van der Waals surface area (Å²) in [7, 11) is 2.25. The van der Waals surface area contributed by atoms with E-state index in [1.807, 2.05) is 0 Å². The van der Waals surface area contributed by atoms with Crippen molar-refractivity contribution >= 4 is 23.6 Å². The van der Waals surface area contributed by atoms with Crippen molar-refractivity contribution in [3.63, 3.8) is 0 Å². The SMILES string of the molecule is CCOC(=O)c1cc(F)cc(N/C(=C/C(=O)OC)C(=O)OC)c1. The number of benzene rings is 1. The minimum absolute atomic E-state index is 0.0448. The monoisotopic (exact) mass is 325 g/mol. The topological polar surface area (TPSA) is 90.9 Å². The van der Waals surface area contributed by atoms with Crippen molar-refractivity contribution in [2.24, 2.45) is 0 Å². The molecule has 0 aromatic heterocycles. The summed E-state index contributed by atoms with van der Waals surface area (Å²) in [4.78, 5) is 34.5. The second kappa shape index (κ2) is 8.52. The Bertz CT molecular complexity index is 641. The zero-order valence-corrected chi connectivity index (χ0v) is 12.8. The van der Waals surface area contributed by atoms with E-state index in [0.717, 1.165) is 32.4 Å². The first kappa shape index (κ1) is 18.1. The lowest BCUT2D eigenvalue weighted by Gasteiger charge is -2.10. The number of hydrogen-bond donors (Lipinski definition) is 1. The summed E-state index contributed by atoms with van der Waals surface area (Å²) >= 11 is 0. The van der Waals surface area contributed by atoms with Gasteiger partial charge >= 0.3 is 17.9 Å². The molecule has 0 fully saturated rings. The molecule has 0 bridgehead atoms. The number of anilines is 1. The van der Waals surface area contributed by atoms with Crippen molar-refractivity contribution in [1.82, 2.24) is 0 Å². The third-order valence-electron chi connectivity index (χ3n) is 2.56. The van der Waals surface area contributed by atoms with Gasteiger partial charge in [0, 0.05) is 5.69 Å². The van der Waals surface area contributed by atoms with E-state index >= 15 is 0 Å². The van der Waals surface area contributed by atoms with Crippen LogP contribution in [0.5, 0.6) is 0 Å². The highest BCUT2D eigenvalue weighted by Gasteiger charge is 2.15. The Labute approximate surface area is 132 Å². The van der Waals surface area contributed by atoms with Crippen LogP contribution in [0.25, 0.3) is 0 Å². The Morgan fingerprint density at radius 1 is 1.17 bits per heavy atom. The van der Waals surface area contributed by atoms with Gasteiger partial charge in [0.1, 0.15) is 11.5 Å². The molecule has 0 saturated heterocycles. The Morgan fingerprint density at radius 2 is 1.87 bits per heavy atom. The summed E-state index contributed by atoms with van der Waals surface area (Å²) in [5, 5.41) is 2.51. The maximum absolute atomic E-state index is 13.6. The highest BCUT2D eigenvalue weighted by molar-refractivity contribution is 5.99. The lowest BCUT2D eigenvalue weighted by molar-refractivity contribution is -0.138. The van der Waals surface area contributed by atoms with Crippen molar-refractivity contribution < 1.29 is 33.0 Å². The van der Waals surface area contributed by atoms with Gasteiger partial charge in [-0.1, -0.05) is 0 Å². The molecule has 0 spiro atoms. The molecule has 124 valence electrons. The van der Waals surface area contributed by atoms with Gasteiger partial charge < -0.3 is 19.5 Å². The van der Waals surface area contributed by atoms with Crippen molar-refractivity contribution in [2.75, 3.05) is 26.1 Å². The molecule has 0 atom stereocenters. The zero-order chi connectivity index (χ0) is 17.4. The van der Waals surface area contributed by atoms with Crippen LogP contribution < -0.4 is 5.32 Å². The van der Waals surface area contributed by atoms with Gasteiger partial charge in [-0.15, -0.1) is 0 Å². The molecular formula is C15H16FNO6. The molecule has 8 heteroatoms. The number of carbonyl (C=O) groups is 3. The number of esters is 3. The summed E-state index contributed by atoms with van der Waals surface area (Å²) in [6.07, 6.45) is 0.848. The molecule has 0 amide bonds. The van der Waals surface area contributed by atoms with Gasteiger partial charge in [-0.05, 0) is 25.1 Å². The zero-order valence-electron chi connectivity index (χ0n) is 12.8. The summed E-state index contributed by atoms with van der Waals surface area (Å²) in [5.41, 5.74) is -0.259. The number of methoxy groups -OCH3 is 2. The third kappa shape index (κ3) is 5.42. The van der Waals surface area contributed by atoms with E-state index in [9.17, 15) is 18.8 Å². The number of hydrogen-bond acceptors (Lipinski definition) is 7. The van der Waals surface area contributed by atoms with Gasteiger partial charge in [-0.25, -0.2) is 18.8 Å². The fourth-order valence-corrected chi connectivity index (χ4v) is 1.58. The second-order valence-electron chi connectivity index (χ2n) is 4.15. The molecule has 0 radical (unpaired) electrons. The van der Waals surface area contributed by atoms with Crippen molar-refractivity contribution in [3.8, 4) is 0 Å². The minimum atomic E-state index is -0.864. The van der Waals surface area contributed by atoms with Crippen LogP contribution in [0.4, 0.5) is 10.1 Å². The van der Waals surface area contributed by atoms with Gasteiger partial charge in [-0.2, -0.15) is 0 Å². The molecule has 0 heterocycles. The van der Waals surface area contributed by atoms with E-state index in [-0.39, 0.29) is 23.6 Å². The third-order valence-corrected chi connectivity index (χ3v) is 2.56. The van der Waals surface area contributed by atoms with E-state index in [0.29, 0.717) is 0 Å². The van der Waals surface area contributed by atoms with Crippen LogP contribution in [0.2, 0.25) is 0 Å². The Hall–Kier alpha value is -2.90. The predicted molar refractivity (Wildman–Crippen MR) is 78.1 cm³/mol. The minimum Gasteiger partial charge on any atom is -0.466 e. The molecular weight excluding hydrogens is 309 g/mol. The van der Waals surface area contributed by atoms with Crippen LogP contribution in [0.3, 0.4) is 0 Å². The number of ether oxygens (including phenoxy) is 3. The van der Waals surface area contributed by atoms with E-state index in [4.69, 9.17) is 4.74 Å². The fraction of sp³-hybridized carbons (Fsp3) is 0.267. The van der Waals surface area contributed by atoms with Crippen LogP contribution in [-0.2, 0) is 23.8 Å². The van der Waals surface area contributed by atoms with E-state index in [2.05, 4.69) is 14.8 Å². The molecule has 7 nitrogen and oxygen atoms in total. The quantitative estimate of drug-likeness (QED) is 0.483. The second-order valence-corrected chi connectivity index (χ2v) is 4.15. The lowest BCUT2D eigenvalue weighted by Crippen LogP contribution is -2.16. The van der Waals surface area contributed by atoms with Crippen LogP contribution in [0.15, 0.2) is 30.0 Å². The molecule has 1 rings (SSSR count). The Kier molecular flexibility index (Phi) is 6.72.